The lowest BCUT2D eigenvalue weighted by Gasteiger charge is -2.55. The third-order valence-corrected chi connectivity index (χ3v) is 5.61. The van der Waals surface area contributed by atoms with Crippen molar-refractivity contribution < 1.29 is 5.11 Å². The lowest BCUT2D eigenvalue weighted by molar-refractivity contribution is -0.0861. The van der Waals surface area contributed by atoms with Crippen LogP contribution in [0.15, 0.2) is 18.2 Å². The van der Waals surface area contributed by atoms with Crippen LogP contribution in [0.1, 0.15) is 49.7 Å². The van der Waals surface area contributed by atoms with Gasteiger partial charge in [-0.1, -0.05) is 36.6 Å². The van der Waals surface area contributed by atoms with Crippen molar-refractivity contribution in [2.45, 2.75) is 56.0 Å². The average Bonchev–Trinajstić information content (AvgIpc) is 2.40. The van der Waals surface area contributed by atoms with Crippen LogP contribution in [0.2, 0.25) is 5.02 Å². The van der Waals surface area contributed by atoms with Crippen molar-refractivity contribution in [1.82, 2.24) is 0 Å². The Kier molecular flexibility index (Phi) is 4.70. The number of fused-ring (bicyclic) bond motifs is 3. The van der Waals surface area contributed by atoms with E-state index in [1.807, 2.05) is 12.1 Å². The molecule has 1 aromatic carbocycles. The van der Waals surface area contributed by atoms with Crippen molar-refractivity contribution >= 4 is 24.0 Å². The molecular weight excluding hydrogens is 293 g/mol. The van der Waals surface area contributed by atoms with E-state index in [0.717, 1.165) is 50.0 Å². The molecule has 2 aliphatic carbocycles. The van der Waals surface area contributed by atoms with E-state index in [9.17, 15) is 5.11 Å². The van der Waals surface area contributed by atoms with Crippen LogP contribution in [0.4, 0.5) is 0 Å². The normalized spacial score (nSPS) is 31.9. The fourth-order valence-corrected chi connectivity index (χ4v) is 4.80. The molecule has 0 heterocycles. The number of aryl methyl sites for hydroxylation is 1. The molecule has 0 aliphatic heterocycles. The van der Waals surface area contributed by atoms with Gasteiger partial charge in [-0.2, -0.15) is 0 Å². The molecule has 0 unspecified atom stereocenters. The number of hydrogen-bond acceptors (Lipinski definition) is 2. The van der Waals surface area contributed by atoms with E-state index in [2.05, 4.69) is 6.07 Å². The first kappa shape index (κ1) is 16.1. The predicted molar refractivity (Wildman–Crippen MR) is 85.8 cm³/mol. The number of rotatable bonds is 2. The van der Waals surface area contributed by atoms with Gasteiger partial charge in [-0.15, -0.1) is 12.4 Å². The van der Waals surface area contributed by atoms with Gasteiger partial charge in [-0.3, -0.25) is 0 Å². The summed E-state index contributed by atoms with van der Waals surface area (Å²) in [5.74, 6) is 0. The Morgan fingerprint density at radius 3 is 2.70 bits per heavy atom. The second-order valence-corrected chi connectivity index (χ2v) is 6.54. The molecule has 0 radical (unpaired) electrons. The minimum atomic E-state index is -0.609. The van der Waals surface area contributed by atoms with Crippen LogP contribution >= 0.6 is 24.0 Å². The summed E-state index contributed by atoms with van der Waals surface area (Å²) in [5, 5.41) is 12.0. The first-order valence-electron chi connectivity index (χ1n) is 7.33. The Morgan fingerprint density at radius 2 is 1.95 bits per heavy atom. The van der Waals surface area contributed by atoms with Gasteiger partial charge in [0.2, 0.25) is 0 Å². The van der Waals surface area contributed by atoms with Crippen molar-refractivity contribution in [2.75, 3.05) is 6.54 Å². The summed E-state index contributed by atoms with van der Waals surface area (Å²) in [6.45, 7) is 0.604. The number of aliphatic hydroxyl groups is 1. The number of nitrogens with two attached hydrogens (primary N) is 1. The zero-order valence-electron chi connectivity index (χ0n) is 11.7. The first-order chi connectivity index (χ1) is 9.13. The number of halogens is 2. The van der Waals surface area contributed by atoms with Crippen molar-refractivity contribution in [3.63, 3.8) is 0 Å². The number of benzene rings is 1. The van der Waals surface area contributed by atoms with Crippen LogP contribution in [0.5, 0.6) is 0 Å². The fourth-order valence-electron chi connectivity index (χ4n) is 4.42. The van der Waals surface area contributed by atoms with Gasteiger partial charge in [-0.05, 0) is 55.8 Å². The SMILES string of the molecule is Cl.NCC[C@@]12CCCC[C@]1(O)CCc1cccc(Cl)c12. The molecule has 3 rings (SSSR count). The Balaban J connectivity index is 0.00000147. The van der Waals surface area contributed by atoms with E-state index in [1.165, 1.54) is 11.1 Å². The molecule has 0 aromatic heterocycles. The maximum Gasteiger partial charge on any atom is 0.0748 e. The van der Waals surface area contributed by atoms with Gasteiger partial charge in [-0.25, -0.2) is 0 Å². The average molecular weight is 316 g/mol. The third-order valence-electron chi connectivity index (χ3n) is 5.29. The summed E-state index contributed by atoms with van der Waals surface area (Å²) in [4.78, 5) is 0. The van der Waals surface area contributed by atoms with Crippen LogP contribution in [-0.4, -0.2) is 17.3 Å². The minimum absolute atomic E-state index is 0. The van der Waals surface area contributed by atoms with Gasteiger partial charge in [0.25, 0.3) is 0 Å². The summed E-state index contributed by atoms with van der Waals surface area (Å²) in [7, 11) is 0. The molecule has 3 N–H and O–H groups in total. The highest BCUT2D eigenvalue weighted by molar-refractivity contribution is 6.31. The summed E-state index contributed by atoms with van der Waals surface area (Å²) >= 11 is 6.50. The van der Waals surface area contributed by atoms with Gasteiger partial charge in [0.1, 0.15) is 0 Å². The van der Waals surface area contributed by atoms with Crippen LogP contribution in [0.25, 0.3) is 0 Å². The Morgan fingerprint density at radius 1 is 1.20 bits per heavy atom. The molecular formula is C16H23Cl2NO. The Bertz CT molecular complexity index is 489. The standard InChI is InChI=1S/C16H22ClNO.ClH/c17-13-5-3-4-12-6-9-16(19)8-2-1-7-15(16,10-11-18)14(12)13;/h3-5,19H,1-2,6-11,18H2;1H/t15-,16+;/m1./s1. The summed E-state index contributed by atoms with van der Waals surface area (Å²) < 4.78 is 0. The largest absolute Gasteiger partial charge is 0.389 e. The van der Waals surface area contributed by atoms with Crippen molar-refractivity contribution in [1.29, 1.82) is 0 Å². The van der Waals surface area contributed by atoms with Crippen molar-refractivity contribution in [3.05, 3.63) is 34.3 Å². The topological polar surface area (TPSA) is 46.2 Å². The monoisotopic (exact) mass is 315 g/mol. The summed E-state index contributed by atoms with van der Waals surface area (Å²) in [5.41, 5.74) is 7.55. The second kappa shape index (κ2) is 5.84. The highest BCUT2D eigenvalue weighted by Crippen LogP contribution is 2.56. The first-order valence-corrected chi connectivity index (χ1v) is 7.71. The van der Waals surface area contributed by atoms with Crippen molar-refractivity contribution in [2.24, 2.45) is 5.73 Å². The predicted octanol–water partition coefficient (Wildman–Crippen LogP) is 3.60. The maximum absolute atomic E-state index is 11.2. The van der Waals surface area contributed by atoms with E-state index in [1.54, 1.807) is 0 Å². The third kappa shape index (κ3) is 2.18. The molecule has 0 spiro atoms. The molecule has 1 fully saturated rings. The molecule has 1 aromatic rings. The molecule has 0 bridgehead atoms. The van der Waals surface area contributed by atoms with Gasteiger partial charge in [0.15, 0.2) is 0 Å². The molecule has 0 saturated heterocycles. The minimum Gasteiger partial charge on any atom is -0.389 e. The molecule has 112 valence electrons. The Hall–Kier alpha value is -0.280. The molecule has 2 atom stereocenters. The zero-order chi connectivity index (χ0) is 13.5. The lowest BCUT2D eigenvalue weighted by Crippen LogP contribution is -2.57. The van der Waals surface area contributed by atoms with Gasteiger partial charge >= 0.3 is 0 Å². The smallest absolute Gasteiger partial charge is 0.0748 e. The quantitative estimate of drug-likeness (QED) is 0.876. The van der Waals surface area contributed by atoms with E-state index < -0.39 is 5.60 Å². The molecule has 0 amide bonds. The molecule has 20 heavy (non-hydrogen) atoms. The number of hydrogen-bond donors (Lipinski definition) is 2. The zero-order valence-corrected chi connectivity index (χ0v) is 13.3. The van der Waals surface area contributed by atoms with Crippen LogP contribution < -0.4 is 5.73 Å². The molecule has 2 nitrogen and oxygen atoms in total. The van der Waals surface area contributed by atoms with E-state index in [4.69, 9.17) is 17.3 Å². The summed E-state index contributed by atoms with van der Waals surface area (Å²) in [6, 6.07) is 6.14. The van der Waals surface area contributed by atoms with E-state index in [-0.39, 0.29) is 17.8 Å². The van der Waals surface area contributed by atoms with Gasteiger partial charge in [0.05, 0.1) is 5.60 Å². The van der Waals surface area contributed by atoms with Gasteiger partial charge in [0, 0.05) is 10.4 Å². The lowest BCUT2D eigenvalue weighted by atomic mass is 9.53. The van der Waals surface area contributed by atoms with Crippen LogP contribution in [0, 0.1) is 0 Å². The van der Waals surface area contributed by atoms with Crippen LogP contribution in [0.3, 0.4) is 0 Å². The second-order valence-electron chi connectivity index (χ2n) is 6.13. The van der Waals surface area contributed by atoms with E-state index >= 15 is 0 Å². The fraction of sp³-hybridized carbons (Fsp3) is 0.625. The summed E-state index contributed by atoms with van der Waals surface area (Å²) in [6.07, 6.45) is 6.78. The van der Waals surface area contributed by atoms with Gasteiger partial charge < -0.3 is 10.8 Å². The highest BCUT2D eigenvalue weighted by atomic mass is 35.5. The molecule has 4 heteroatoms. The highest BCUT2D eigenvalue weighted by Gasteiger charge is 2.55. The Labute approximate surface area is 132 Å². The van der Waals surface area contributed by atoms with Crippen LogP contribution in [-0.2, 0) is 11.8 Å². The molecule has 2 aliphatic rings. The maximum atomic E-state index is 11.2. The molecule has 1 saturated carbocycles. The van der Waals surface area contributed by atoms with E-state index in [0.29, 0.717) is 6.54 Å². The van der Waals surface area contributed by atoms with Crippen molar-refractivity contribution in [3.8, 4) is 0 Å².